The number of aryl methyl sites for hydroxylation is 1. The van der Waals surface area contributed by atoms with Crippen LogP contribution in [-0.4, -0.2) is 43.4 Å². The van der Waals surface area contributed by atoms with Gasteiger partial charge in [-0.15, -0.1) is 0 Å². The molecule has 2 rings (SSSR count). The summed E-state index contributed by atoms with van der Waals surface area (Å²) in [7, 11) is 1.78. The third-order valence-corrected chi connectivity index (χ3v) is 4.71. The summed E-state index contributed by atoms with van der Waals surface area (Å²) in [4.78, 5) is 18.5. The Morgan fingerprint density at radius 2 is 1.61 bits per heavy atom. The molecule has 0 aliphatic rings. The molecule has 0 fully saturated rings. The highest BCUT2D eigenvalue weighted by atomic mass is 16.2. The molecular weight excluding hydrogens is 348 g/mol. The summed E-state index contributed by atoms with van der Waals surface area (Å²) in [5.41, 5.74) is 3.20. The third kappa shape index (κ3) is 6.72. The molecule has 150 valence electrons. The number of nitrogens with zero attached hydrogens (tertiary/aromatic N) is 2. The maximum Gasteiger partial charge on any atom is 0.253 e. The van der Waals surface area contributed by atoms with Crippen LogP contribution in [0.5, 0.6) is 0 Å². The molecule has 2 aromatic rings. The number of carbonyl (C=O) groups is 1. The van der Waals surface area contributed by atoms with Crippen molar-refractivity contribution in [2.75, 3.05) is 26.7 Å². The molecule has 5 heteroatoms. The van der Waals surface area contributed by atoms with Crippen LogP contribution in [0.4, 0.5) is 0 Å². The zero-order valence-corrected chi connectivity index (χ0v) is 17.2. The van der Waals surface area contributed by atoms with E-state index in [9.17, 15) is 4.79 Å². The highest BCUT2D eigenvalue weighted by Crippen LogP contribution is 2.08. The highest BCUT2D eigenvalue weighted by Gasteiger charge is 2.11. The van der Waals surface area contributed by atoms with Crippen molar-refractivity contribution in [2.45, 2.75) is 33.2 Å². The predicted molar refractivity (Wildman–Crippen MR) is 117 cm³/mol. The molecule has 28 heavy (non-hydrogen) atoms. The average Bonchev–Trinajstić information content (AvgIpc) is 2.75. The number of hydrogen-bond donors (Lipinski definition) is 2. The molecule has 2 aromatic carbocycles. The van der Waals surface area contributed by atoms with Crippen LogP contribution in [0.15, 0.2) is 59.6 Å². The summed E-state index contributed by atoms with van der Waals surface area (Å²) >= 11 is 0. The number of guanidine groups is 1. The molecule has 0 aromatic heterocycles. The SMILES string of the molecule is CCN(CC)C(=O)c1ccc(CNC(=NC)NCCCc2ccccc2)cc1. The second-order valence-corrected chi connectivity index (χ2v) is 6.62. The fourth-order valence-electron chi connectivity index (χ4n) is 3.01. The monoisotopic (exact) mass is 380 g/mol. The van der Waals surface area contributed by atoms with Gasteiger partial charge in [-0.2, -0.15) is 0 Å². The Morgan fingerprint density at radius 3 is 2.21 bits per heavy atom. The van der Waals surface area contributed by atoms with E-state index in [0.717, 1.165) is 49.6 Å². The van der Waals surface area contributed by atoms with Gasteiger partial charge in [-0.1, -0.05) is 42.5 Å². The molecule has 0 saturated carbocycles. The van der Waals surface area contributed by atoms with Gasteiger partial charge < -0.3 is 15.5 Å². The number of nitrogens with one attached hydrogen (secondary N) is 2. The summed E-state index contributed by atoms with van der Waals surface area (Å²) < 4.78 is 0. The minimum absolute atomic E-state index is 0.0837. The van der Waals surface area contributed by atoms with E-state index >= 15 is 0 Å². The van der Waals surface area contributed by atoms with Gasteiger partial charge in [0.1, 0.15) is 0 Å². The van der Waals surface area contributed by atoms with E-state index in [-0.39, 0.29) is 5.91 Å². The first-order valence-electron chi connectivity index (χ1n) is 10.0. The maximum absolute atomic E-state index is 12.4. The molecule has 0 aliphatic carbocycles. The second-order valence-electron chi connectivity index (χ2n) is 6.62. The van der Waals surface area contributed by atoms with E-state index in [0.29, 0.717) is 6.54 Å². The summed E-state index contributed by atoms with van der Waals surface area (Å²) in [5, 5.41) is 6.67. The van der Waals surface area contributed by atoms with Gasteiger partial charge in [0.15, 0.2) is 5.96 Å². The third-order valence-electron chi connectivity index (χ3n) is 4.71. The van der Waals surface area contributed by atoms with E-state index in [2.05, 4.69) is 39.9 Å². The summed E-state index contributed by atoms with van der Waals surface area (Å²) in [5.74, 6) is 0.872. The Balaban J connectivity index is 1.76. The Labute approximate surface area is 168 Å². The molecule has 0 bridgehead atoms. The zero-order chi connectivity index (χ0) is 20.2. The zero-order valence-electron chi connectivity index (χ0n) is 17.2. The number of rotatable bonds is 9. The van der Waals surface area contributed by atoms with Crippen molar-refractivity contribution >= 4 is 11.9 Å². The predicted octanol–water partition coefficient (Wildman–Crippen LogP) is 3.47. The van der Waals surface area contributed by atoms with E-state index in [4.69, 9.17) is 0 Å². The molecule has 0 radical (unpaired) electrons. The number of amides is 1. The lowest BCUT2D eigenvalue weighted by Gasteiger charge is -2.18. The van der Waals surface area contributed by atoms with Crippen molar-refractivity contribution < 1.29 is 4.79 Å². The maximum atomic E-state index is 12.4. The molecule has 0 aliphatic heterocycles. The minimum atomic E-state index is 0.0837. The largest absolute Gasteiger partial charge is 0.356 e. The molecule has 0 spiro atoms. The fraction of sp³-hybridized carbons (Fsp3) is 0.391. The van der Waals surface area contributed by atoms with Crippen molar-refractivity contribution in [1.82, 2.24) is 15.5 Å². The van der Waals surface area contributed by atoms with Gasteiger partial charge in [-0.25, -0.2) is 0 Å². The average molecular weight is 381 g/mol. The number of hydrogen-bond acceptors (Lipinski definition) is 2. The van der Waals surface area contributed by atoms with E-state index in [1.165, 1.54) is 5.56 Å². The van der Waals surface area contributed by atoms with Crippen LogP contribution in [0.1, 0.15) is 41.8 Å². The number of benzene rings is 2. The Kier molecular flexibility index (Phi) is 9.05. The smallest absolute Gasteiger partial charge is 0.253 e. The van der Waals surface area contributed by atoms with E-state index in [1.807, 2.05) is 49.1 Å². The highest BCUT2D eigenvalue weighted by molar-refractivity contribution is 5.94. The Morgan fingerprint density at radius 1 is 0.929 bits per heavy atom. The van der Waals surface area contributed by atoms with Gasteiger partial charge >= 0.3 is 0 Å². The first kappa shape index (κ1) is 21.5. The van der Waals surface area contributed by atoms with E-state index < -0.39 is 0 Å². The fourth-order valence-corrected chi connectivity index (χ4v) is 3.01. The van der Waals surface area contributed by atoms with E-state index in [1.54, 1.807) is 7.05 Å². The van der Waals surface area contributed by atoms with Crippen LogP contribution in [0, 0.1) is 0 Å². The van der Waals surface area contributed by atoms with Gasteiger partial charge in [-0.05, 0) is 49.9 Å². The van der Waals surface area contributed by atoms with Crippen molar-refractivity contribution in [3.05, 3.63) is 71.3 Å². The van der Waals surface area contributed by atoms with Crippen LogP contribution >= 0.6 is 0 Å². The molecule has 0 atom stereocenters. The lowest BCUT2D eigenvalue weighted by molar-refractivity contribution is 0.0773. The normalized spacial score (nSPS) is 11.2. The van der Waals surface area contributed by atoms with Crippen molar-refractivity contribution in [1.29, 1.82) is 0 Å². The van der Waals surface area contributed by atoms with Crippen molar-refractivity contribution in [3.8, 4) is 0 Å². The van der Waals surface area contributed by atoms with Crippen LogP contribution in [0.3, 0.4) is 0 Å². The topological polar surface area (TPSA) is 56.7 Å². The number of aliphatic imine (C=N–C) groups is 1. The second kappa shape index (κ2) is 11.8. The molecule has 1 amide bonds. The molecule has 0 heterocycles. The lowest BCUT2D eigenvalue weighted by Crippen LogP contribution is -2.37. The van der Waals surface area contributed by atoms with Crippen LogP contribution in [-0.2, 0) is 13.0 Å². The van der Waals surface area contributed by atoms with Crippen LogP contribution in [0.25, 0.3) is 0 Å². The van der Waals surface area contributed by atoms with Gasteiger partial charge in [0.2, 0.25) is 0 Å². The van der Waals surface area contributed by atoms with Crippen molar-refractivity contribution in [3.63, 3.8) is 0 Å². The first-order chi connectivity index (χ1) is 13.7. The number of carbonyl (C=O) groups excluding carboxylic acids is 1. The molecule has 0 unspecified atom stereocenters. The van der Waals surface area contributed by atoms with Gasteiger partial charge in [0, 0.05) is 38.8 Å². The lowest BCUT2D eigenvalue weighted by atomic mass is 10.1. The van der Waals surface area contributed by atoms with Gasteiger partial charge in [0.05, 0.1) is 0 Å². The molecule has 5 nitrogen and oxygen atoms in total. The molecular formula is C23H32N4O. The summed E-state index contributed by atoms with van der Waals surface area (Å²) in [6.07, 6.45) is 2.10. The first-order valence-corrected chi connectivity index (χ1v) is 10.0. The quantitative estimate of drug-likeness (QED) is 0.398. The van der Waals surface area contributed by atoms with Crippen molar-refractivity contribution in [2.24, 2.45) is 4.99 Å². The molecule has 2 N–H and O–H groups in total. The standard InChI is InChI=1S/C23H32N4O/c1-4-27(5-2)22(28)21-15-13-20(14-16-21)18-26-23(24-3)25-17-9-12-19-10-7-6-8-11-19/h6-8,10-11,13-16H,4-5,9,12,17-18H2,1-3H3,(H2,24,25,26). The summed E-state index contributed by atoms with van der Waals surface area (Å²) in [6, 6.07) is 18.3. The Bertz CT molecular complexity index is 737. The van der Waals surface area contributed by atoms with Crippen LogP contribution < -0.4 is 10.6 Å². The summed E-state index contributed by atoms with van der Waals surface area (Å²) in [6.45, 7) is 6.98. The van der Waals surface area contributed by atoms with Gasteiger partial charge in [0.25, 0.3) is 5.91 Å². The van der Waals surface area contributed by atoms with Crippen LogP contribution in [0.2, 0.25) is 0 Å². The minimum Gasteiger partial charge on any atom is -0.356 e. The Hall–Kier alpha value is -2.82. The van der Waals surface area contributed by atoms with Gasteiger partial charge in [-0.3, -0.25) is 9.79 Å². The molecule has 0 saturated heterocycles.